The number of carbonyl (C=O) groups excluding carboxylic acids is 1. The molecule has 0 aliphatic carbocycles. The first-order valence-corrected chi connectivity index (χ1v) is 9.12. The Morgan fingerprint density at radius 1 is 1.33 bits per heavy atom. The first-order valence-electron chi connectivity index (χ1n) is 8.14. The van der Waals surface area contributed by atoms with E-state index in [2.05, 4.69) is 0 Å². The van der Waals surface area contributed by atoms with Gasteiger partial charge in [-0.15, -0.1) is 11.8 Å². The van der Waals surface area contributed by atoms with E-state index in [1.165, 1.54) is 0 Å². The molecule has 24 heavy (non-hydrogen) atoms. The zero-order valence-electron chi connectivity index (χ0n) is 13.3. The Morgan fingerprint density at radius 3 is 2.92 bits per heavy atom. The number of rotatable bonds is 6. The van der Waals surface area contributed by atoms with Crippen LogP contribution in [0.2, 0.25) is 0 Å². The molecular weight excluding hydrogens is 330 g/mol. The highest BCUT2D eigenvalue weighted by molar-refractivity contribution is 7.99. The van der Waals surface area contributed by atoms with Crippen LogP contribution in [0.25, 0.3) is 0 Å². The third-order valence-electron chi connectivity index (χ3n) is 4.14. The van der Waals surface area contributed by atoms with Crippen molar-refractivity contribution in [2.75, 3.05) is 25.4 Å². The first kappa shape index (κ1) is 17.1. The predicted molar refractivity (Wildman–Crippen MR) is 89.4 cm³/mol. The summed E-state index contributed by atoms with van der Waals surface area (Å²) < 4.78 is 11.4. The highest BCUT2D eigenvalue weighted by Crippen LogP contribution is 2.35. The van der Waals surface area contributed by atoms with Crippen molar-refractivity contribution in [2.24, 2.45) is 0 Å². The topological polar surface area (TPSA) is 76.1 Å². The van der Waals surface area contributed by atoms with Gasteiger partial charge >= 0.3 is 5.97 Å². The van der Waals surface area contributed by atoms with Gasteiger partial charge in [-0.05, 0) is 25.0 Å². The molecule has 0 spiro atoms. The summed E-state index contributed by atoms with van der Waals surface area (Å²) in [4.78, 5) is 26.4. The minimum atomic E-state index is -0.913. The monoisotopic (exact) mass is 351 g/mol. The van der Waals surface area contributed by atoms with Gasteiger partial charge in [0.25, 0.3) is 5.91 Å². The normalized spacial score (nSPS) is 22.5. The molecule has 2 heterocycles. The Kier molecular flexibility index (Phi) is 5.63. The van der Waals surface area contributed by atoms with Crippen LogP contribution >= 0.6 is 11.8 Å². The Hall–Kier alpha value is -1.73. The van der Waals surface area contributed by atoms with Crippen LogP contribution in [-0.4, -0.2) is 59.5 Å². The van der Waals surface area contributed by atoms with E-state index in [1.54, 1.807) is 16.7 Å². The maximum Gasteiger partial charge on any atom is 0.305 e. The molecule has 2 aliphatic heterocycles. The Morgan fingerprint density at radius 2 is 2.17 bits per heavy atom. The summed E-state index contributed by atoms with van der Waals surface area (Å²) in [7, 11) is 0. The lowest BCUT2D eigenvalue weighted by Gasteiger charge is -2.31. The van der Waals surface area contributed by atoms with Gasteiger partial charge in [-0.25, -0.2) is 0 Å². The number of carboxylic acid groups (broad SMARTS) is 1. The largest absolute Gasteiger partial charge is 0.481 e. The number of hydrogen-bond acceptors (Lipinski definition) is 5. The molecular formula is C17H21NO5S. The molecule has 1 fully saturated rings. The van der Waals surface area contributed by atoms with E-state index in [1.807, 2.05) is 24.3 Å². The molecule has 130 valence electrons. The van der Waals surface area contributed by atoms with Crippen LogP contribution in [0.15, 0.2) is 29.2 Å². The molecule has 1 aromatic rings. The smallest absolute Gasteiger partial charge is 0.305 e. The lowest BCUT2D eigenvalue weighted by molar-refractivity contribution is -0.142. The number of carbonyl (C=O) groups is 2. The number of thioether (sulfide) groups is 1. The summed E-state index contributed by atoms with van der Waals surface area (Å²) in [5.41, 5.74) is 0. The van der Waals surface area contributed by atoms with Crippen LogP contribution in [0, 0.1) is 0 Å². The van der Waals surface area contributed by atoms with Gasteiger partial charge in [0, 0.05) is 30.3 Å². The number of aliphatic carboxylic acids is 1. The summed E-state index contributed by atoms with van der Waals surface area (Å²) >= 11 is 1.59. The van der Waals surface area contributed by atoms with Crippen LogP contribution in [0.5, 0.6) is 5.75 Å². The van der Waals surface area contributed by atoms with E-state index in [4.69, 9.17) is 14.6 Å². The molecule has 1 aromatic carbocycles. The van der Waals surface area contributed by atoms with Gasteiger partial charge in [0.2, 0.25) is 0 Å². The van der Waals surface area contributed by atoms with Crippen LogP contribution < -0.4 is 4.74 Å². The quantitative estimate of drug-likeness (QED) is 0.845. The molecule has 1 saturated heterocycles. The number of benzene rings is 1. The van der Waals surface area contributed by atoms with Crippen molar-refractivity contribution in [1.29, 1.82) is 0 Å². The third-order valence-corrected chi connectivity index (χ3v) is 5.26. The molecule has 1 amide bonds. The van der Waals surface area contributed by atoms with Gasteiger partial charge in [-0.2, -0.15) is 0 Å². The molecule has 3 rings (SSSR count). The number of amides is 1. The molecule has 6 nitrogen and oxygen atoms in total. The predicted octanol–water partition coefficient (Wildman–Crippen LogP) is 2.02. The van der Waals surface area contributed by atoms with E-state index in [-0.39, 0.29) is 25.0 Å². The molecule has 0 aromatic heterocycles. The Bertz CT molecular complexity index is 602. The highest BCUT2D eigenvalue weighted by Gasteiger charge is 2.32. The molecule has 7 heteroatoms. The fourth-order valence-electron chi connectivity index (χ4n) is 2.90. The summed E-state index contributed by atoms with van der Waals surface area (Å²) in [6.07, 6.45) is 1.22. The summed E-state index contributed by atoms with van der Waals surface area (Å²) in [5, 5.41) is 8.94. The average molecular weight is 351 g/mol. The lowest BCUT2D eigenvalue weighted by atomic mass is 10.2. The van der Waals surface area contributed by atoms with Crippen molar-refractivity contribution < 1.29 is 24.2 Å². The van der Waals surface area contributed by atoms with Crippen LogP contribution in [0.1, 0.15) is 19.3 Å². The number of para-hydroxylation sites is 1. The minimum absolute atomic E-state index is 0.00808. The van der Waals surface area contributed by atoms with Crippen molar-refractivity contribution in [1.82, 2.24) is 4.90 Å². The van der Waals surface area contributed by atoms with E-state index in [9.17, 15) is 9.59 Å². The van der Waals surface area contributed by atoms with Gasteiger partial charge in [0.15, 0.2) is 6.10 Å². The number of hydrogen-bond donors (Lipinski definition) is 1. The molecule has 1 N–H and O–H groups in total. The van der Waals surface area contributed by atoms with E-state index in [0.29, 0.717) is 24.7 Å². The van der Waals surface area contributed by atoms with Gasteiger partial charge in [-0.3, -0.25) is 9.59 Å². The zero-order valence-corrected chi connectivity index (χ0v) is 14.2. The van der Waals surface area contributed by atoms with E-state index >= 15 is 0 Å². The van der Waals surface area contributed by atoms with Crippen molar-refractivity contribution >= 4 is 23.6 Å². The summed E-state index contributed by atoms with van der Waals surface area (Å²) in [5.74, 6) is 0.172. The van der Waals surface area contributed by atoms with Crippen LogP contribution in [-0.2, 0) is 14.3 Å². The first-order chi connectivity index (χ1) is 11.6. The van der Waals surface area contributed by atoms with Gasteiger partial charge < -0.3 is 19.5 Å². The summed E-state index contributed by atoms with van der Waals surface area (Å²) in [6, 6.07) is 7.63. The van der Waals surface area contributed by atoms with Gasteiger partial charge in [0.05, 0.1) is 12.5 Å². The number of carboxylic acids is 1. The number of ether oxygens (including phenoxy) is 2. The summed E-state index contributed by atoms with van der Waals surface area (Å²) in [6.45, 7) is 1.31. The fourth-order valence-corrected chi connectivity index (χ4v) is 3.88. The molecule has 0 saturated carbocycles. The zero-order chi connectivity index (χ0) is 16.9. The Labute approximate surface area is 145 Å². The van der Waals surface area contributed by atoms with Crippen molar-refractivity contribution in [3.8, 4) is 5.75 Å². The van der Waals surface area contributed by atoms with Crippen molar-refractivity contribution in [2.45, 2.75) is 36.4 Å². The van der Waals surface area contributed by atoms with E-state index in [0.717, 1.165) is 17.7 Å². The standard InChI is InChI=1S/C17H21NO5S/c19-16(20)7-8-18(10-12-4-3-9-22-12)17(21)14-11-24-15-6-2-1-5-13(15)23-14/h1-2,5-6,12,14H,3-4,7-11H2,(H,19,20). The second-order valence-electron chi connectivity index (χ2n) is 5.93. The van der Waals surface area contributed by atoms with Crippen molar-refractivity contribution in [3.63, 3.8) is 0 Å². The molecule has 0 radical (unpaired) electrons. The minimum Gasteiger partial charge on any atom is -0.481 e. The second-order valence-corrected chi connectivity index (χ2v) is 6.99. The maximum absolute atomic E-state index is 12.8. The van der Waals surface area contributed by atoms with E-state index < -0.39 is 12.1 Å². The third kappa shape index (κ3) is 4.21. The molecule has 2 unspecified atom stereocenters. The number of nitrogens with zero attached hydrogens (tertiary/aromatic N) is 1. The van der Waals surface area contributed by atoms with Gasteiger partial charge in [0.1, 0.15) is 5.75 Å². The highest BCUT2D eigenvalue weighted by atomic mass is 32.2. The maximum atomic E-state index is 12.8. The molecule has 2 atom stereocenters. The number of fused-ring (bicyclic) bond motifs is 1. The second kappa shape index (κ2) is 7.90. The lowest BCUT2D eigenvalue weighted by Crippen LogP contribution is -2.47. The van der Waals surface area contributed by atoms with Gasteiger partial charge in [-0.1, -0.05) is 12.1 Å². The average Bonchev–Trinajstić information content (AvgIpc) is 3.10. The fraction of sp³-hybridized carbons (Fsp3) is 0.529. The molecule has 0 bridgehead atoms. The van der Waals surface area contributed by atoms with Crippen LogP contribution in [0.3, 0.4) is 0 Å². The van der Waals surface area contributed by atoms with Crippen LogP contribution in [0.4, 0.5) is 0 Å². The van der Waals surface area contributed by atoms with Crippen molar-refractivity contribution in [3.05, 3.63) is 24.3 Å². The molecule has 2 aliphatic rings. The SMILES string of the molecule is O=C(O)CCN(CC1CCCO1)C(=O)C1CSc2ccccc2O1. The Balaban J connectivity index is 1.66.